The normalized spacial score (nSPS) is 10.0. The Morgan fingerprint density at radius 3 is 2.88 bits per heavy atom. The number of carbonyl (C=O) groups excluding carboxylic acids is 1. The SMILES string of the molecule is COC(=O)CNCc1ccc(Br)cc1[N+](=O)[O-]. The fourth-order valence-corrected chi connectivity index (χ4v) is 1.58. The van der Waals surface area contributed by atoms with E-state index in [2.05, 4.69) is 26.0 Å². The van der Waals surface area contributed by atoms with Gasteiger partial charge in [-0.3, -0.25) is 14.9 Å². The van der Waals surface area contributed by atoms with Gasteiger partial charge in [0.05, 0.1) is 18.6 Å². The van der Waals surface area contributed by atoms with Crippen molar-refractivity contribution in [3.63, 3.8) is 0 Å². The molecule has 0 amide bonds. The molecular formula is C10H11BrN2O4. The predicted octanol–water partition coefficient (Wildman–Crippen LogP) is 1.62. The third-order valence-corrected chi connectivity index (χ3v) is 2.55. The second kappa shape index (κ2) is 6.31. The van der Waals surface area contributed by atoms with Gasteiger partial charge in [0.1, 0.15) is 0 Å². The summed E-state index contributed by atoms with van der Waals surface area (Å²) in [4.78, 5) is 21.2. The number of carbonyl (C=O) groups is 1. The summed E-state index contributed by atoms with van der Waals surface area (Å²) < 4.78 is 5.08. The number of benzene rings is 1. The molecule has 0 unspecified atom stereocenters. The third kappa shape index (κ3) is 4.12. The van der Waals surface area contributed by atoms with Crippen molar-refractivity contribution in [2.45, 2.75) is 6.54 Å². The Morgan fingerprint density at radius 1 is 1.59 bits per heavy atom. The van der Waals surface area contributed by atoms with E-state index in [1.807, 2.05) is 0 Å². The molecule has 92 valence electrons. The Balaban J connectivity index is 2.70. The lowest BCUT2D eigenvalue weighted by atomic mass is 10.2. The minimum absolute atomic E-state index is 0.0109. The van der Waals surface area contributed by atoms with Crippen LogP contribution in [0.2, 0.25) is 0 Å². The molecule has 1 rings (SSSR count). The molecule has 0 radical (unpaired) electrons. The minimum atomic E-state index is -0.458. The highest BCUT2D eigenvalue weighted by atomic mass is 79.9. The fourth-order valence-electron chi connectivity index (χ4n) is 1.23. The molecule has 0 fully saturated rings. The van der Waals surface area contributed by atoms with Crippen molar-refractivity contribution in [1.29, 1.82) is 0 Å². The van der Waals surface area contributed by atoms with E-state index in [0.717, 1.165) is 0 Å². The molecule has 1 aromatic rings. The van der Waals surface area contributed by atoms with Gasteiger partial charge in [0.15, 0.2) is 0 Å². The quantitative estimate of drug-likeness (QED) is 0.508. The fraction of sp³-hybridized carbons (Fsp3) is 0.300. The van der Waals surface area contributed by atoms with Crippen molar-refractivity contribution < 1.29 is 14.5 Å². The van der Waals surface area contributed by atoms with Crippen molar-refractivity contribution in [2.75, 3.05) is 13.7 Å². The summed E-state index contributed by atoms with van der Waals surface area (Å²) >= 11 is 3.17. The molecule has 0 heterocycles. The zero-order valence-electron chi connectivity index (χ0n) is 9.10. The maximum absolute atomic E-state index is 10.8. The Morgan fingerprint density at radius 2 is 2.29 bits per heavy atom. The number of halogens is 1. The smallest absolute Gasteiger partial charge is 0.319 e. The summed E-state index contributed by atoms with van der Waals surface area (Å²) in [6.45, 7) is 0.252. The van der Waals surface area contributed by atoms with Crippen molar-refractivity contribution in [3.8, 4) is 0 Å². The largest absolute Gasteiger partial charge is 0.468 e. The van der Waals surface area contributed by atoms with E-state index in [1.54, 1.807) is 12.1 Å². The number of nitrogens with zero attached hydrogens (tertiary/aromatic N) is 1. The van der Waals surface area contributed by atoms with Crippen LogP contribution in [0.4, 0.5) is 5.69 Å². The molecule has 1 aromatic carbocycles. The Hall–Kier alpha value is -1.47. The average molecular weight is 303 g/mol. The molecule has 6 nitrogen and oxygen atoms in total. The molecule has 1 N–H and O–H groups in total. The van der Waals surface area contributed by atoms with E-state index in [-0.39, 0.29) is 18.8 Å². The van der Waals surface area contributed by atoms with Crippen molar-refractivity contribution in [3.05, 3.63) is 38.3 Å². The van der Waals surface area contributed by atoms with Gasteiger partial charge in [-0.15, -0.1) is 0 Å². The number of methoxy groups -OCH3 is 1. The van der Waals surface area contributed by atoms with Crippen LogP contribution in [0.25, 0.3) is 0 Å². The van der Waals surface area contributed by atoms with E-state index < -0.39 is 10.9 Å². The lowest BCUT2D eigenvalue weighted by Gasteiger charge is -2.05. The molecule has 0 atom stereocenters. The van der Waals surface area contributed by atoms with Gasteiger partial charge in [-0.25, -0.2) is 0 Å². The van der Waals surface area contributed by atoms with Gasteiger partial charge >= 0.3 is 5.97 Å². The predicted molar refractivity (Wildman–Crippen MR) is 64.5 cm³/mol. The number of esters is 1. The molecule has 17 heavy (non-hydrogen) atoms. The Labute approximate surface area is 106 Å². The first-order chi connectivity index (χ1) is 8.04. The highest BCUT2D eigenvalue weighted by molar-refractivity contribution is 9.10. The molecule has 0 aromatic heterocycles. The highest BCUT2D eigenvalue weighted by Crippen LogP contribution is 2.23. The van der Waals surface area contributed by atoms with E-state index in [4.69, 9.17) is 0 Å². The molecular weight excluding hydrogens is 292 g/mol. The topological polar surface area (TPSA) is 81.5 Å². The number of nitro groups is 1. The molecule has 0 aliphatic heterocycles. The average Bonchev–Trinajstić information content (AvgIpc) is 2.30. The monoisotopic (exact) mass is 302 g/mol. The first-order valence-corrected chi connectivity index (χ1v) is 5.54. The maximum atomic E-state index is 10.8. The number of nitro benzene ring substituents is 1. The lowest BCUT2D eigenvalue weighted by Crippen LogP contribution is -2.23. The van der Waals surface area contributed by atoms with Crippen LogP contribution in [0.1, 0.15) is 5.56 Å². The highest BCUT2D eigenvalue weighted by Gasteiger charge is 2.13. The van der Waals surface area contributed by atoms with Crippen LogP contribution < -0.4 is 5.32 Å². The van der Waals surface area contributed by atoms with Crippen molar-refractivity contribution in [2.24, 2.45) is 0 Å². The van der Waals surface area contributed by atoms with Crippen LogP contribution in [-0.2, 0) is 16.1 Å². The van der Waals surface area contributed by atoms with Crippen LogP contribution in [0.5, 0.6) is 0 Å². The molecule has 0 bridgehead atoms. The summed E-state index contributed by atoms with van der Waals surface area (Å²) in [5.41, 5.74) is 0.527. The van der Waals surface area contributed by atoms with E-state index in [1.165, 1.54) is 13.2 Å². The standard InChI is InChI=1S/C10H11BrN2O4/c1-17-10(14)6-12-5-7-2-3-8(11)4-9(7)13(15)16/h2-4,12H,5-6H2,1H3. The zero-order valence-corrected chi connectivity index (χ0v) is 10.7. The third-order valence-electron chi connectivity index (χ3n) is 2.06. The number of nitrogens with one attached hydrogen (secondary N) is 1. The lowest BCUT2D eigenvalue weighted by molar-refractivity contribution is -0.385. The maximum Gasteiger partial charge on any atom is 0.319 e. The number of rotatable bonds is 5. The van der Waals surface area contributed by atoms with Crippen LogP contribution in [0.15, 0.2) is 22.7 Å². The van der Waals surface area contributed by atoms with Gasteiger partial charge < -0.3 is 10.1 Å². The number of hydrogen-bond donors (Lipinski definition) is 1. The first-order valence-electron chi connectivity index (χ1n) is 4.75. The molecule has 7 heteroatoms. The number of hydrogen-bond acceptors (Lipinski definition) is 5. The second-order valence-electron chi connectivity index (χ2n) is 3.21. The summed E-state index contributed by atoms with van der Waals surface area (Å²) in [5, 5.41) is 13.6. The Kier molecular flexibility index (Phi) is 5.05. The van der Waals surface area contributed by atoms with Crippen molar-refractivity contribution in [1.82, 2.24) is 5.32 Å². The Bertz CT molecular complexity index is 436. The summed E-state index contributed by atoms with van der Waals surface area (Å²) in [6.07, 6.45) is 0. The van der Waals surface area contributed by atoms with Gasteiger partial charge in [-0.2, -0.15) is 0 Å². The minimum Gasteiger partial charge on any atom is -0.468 e. The van der Waals surface area contributed by atoms with Gasteiger partial charge in [0.2, 0.25) is 0 Å². The van der Waals surface area contributed by atoms with E-state index in [9.17, 15) is 14.9 Å². The van der Waals surface area contributed by atoms with Crippen LogP contribution in [0.3, 0.4) is 0 Å². The zero-order chi connectivity index (χ0) is 12.8. The van der Waals surface area contributed by atoms with Crippen molar-refractivity contribution >= 4 is 27.6 Å². The summed E-state index contributed by atoms with van der Waals surface area (Å²) in [5.74, 6) is -0.412. The van der Waals surface area contributed by atoms with Gasteiger partial charge in [-0.1, -0.05) is 15.9 Å². The van der Waals surface area contributed by atoms with Crippen LogP contribution in [0, 0.1) is 10.1 Å². The summed E-state index contributed by atoms with van der Waals surface area (Å²) in [6, 6.07) is 4.77. The first kappa shape index (κ1) is 13.6. The van der Waals surface area contributed by atoms with E-state index in [0.29, 0.717) is 10.0 Å². The van der Waals surface area contributed by atoms with E-state index >= 15 is 0 Å². The molecule has 0 saturated heterocycles. The molecule has 0 aliphatic carbocycles. The van der Waals surface area contributed by atoms with Crippen LogP contribution >= 0.6 is 15.9 Å². The van der Waals surface area contributed by atoms with Gasteiger partial charge in [0.25, 0.3) is 5.69 Å². The molecule has 0 spiro atoms. The summed E-state index contributed by atoms with van der Waals surface area (Å²) in [7, 11) is 1.28. The second-order valence-corrected chi connectivity index (χ2v) is 4.13. The molecule has 0 saturated carbocycles. The van der Waals surface area contributed by atoms with Gasteiger partial charge in [-0.05, 0) is 12.1 Å². The number of ether oxygens (including phenoxy) is 1. The van der Waals surface area contributed by atoms with Crippen LogP contribution in [-0.4, -0.2) is 24.5 Å². The molecule has 0 aliphatic rings. The van der Waals surface area contributed by atoms with Gasteiger partial charge in [0, 0.05) is 22.6 Å².